The van der Waals surface area contributed by atoms with Crippen LogP contribution >= 0.6 is 0 Å². The zero-order chi connectivity index (χ0) is 19.8. The van der Waals surface area contributed by atoms with Gasteiger partial charge in [-0.15, -0.1) is 0 Å². The molecule has 2 fully saturated rings. The van der Waals surface area contributed by atoms with Crippen LogP contribution in [0.3, 0.4) is 0 Å². The summed E-state index contributed by atoms with van der Waals surface area (Å²) in [6.45, 7) is 4.07. The molecule has 4 rings (SSSR count). The molecule has 0 unspecified atom stereocenters. The Morgan fingerprint density at radius 1 is 0.964 bits per heavy atom. The zero-order valence-electron chi connectivity index (χ0n) is 16.1. The first-order valence-corrected chi connectivity index (χ1v) is 9.80. The van der Waals surface area contributed by atoms with Crippen molar-refractivity contribution in [3.05, 3.63) is 59.7 Å². The Kier molecular flexibility index (Phi) is 4.75. The fraction of sp³-hybridized carbons (Fsp3) is 0.348. The van der Waals surface area contributed by atoms with E-state index in [9.17, 15) is 14.4 Å². The molecule has 1 saturated heterocycles. The summed E-state index contributed by atoms with van der Waals surface area (Å²) < 4.78 is 0. The Balaban J connectivity index is 1.52. The quantitative estimate of drug-likeness (QED) is 0.818. The van der Waals surface area contributed by atoms with E-state index in [4.69, 9.17) is 0 Å². The van der Waals surface area contributed by atoms with Crippen molar-refractivity contribution >= 4 is 29.1 Å². The molecule has 5 nitrogen and oxygen atoms in total. The third-order valence-corrected chi connectivity index (χ3v) is 5.97. The number of amides is 3. The second-order valence-corrected chi connectivity index (χ2v) is 7.96. The molecule has 1 heterocycles. The molecule has 1 N–H and O–H groups in total. The number of hydrogen-bond acceptors (Lipinski definition) is 3. The van der Waals surface area contributed by atoms with Gasteiger partial charge in [0.15, 0.2) is 0 Å². The summed E-state index contributed by atoms with van der Waals surface area (Å²) in [6, 6.07) is 14.3. The minimum Gasteiger partial charge on any atom is -0.322 e. The first-order valence-electron chi connectivity index (χ1n) is 9.80. The highest BCUT2D eigenvalue weighted by Crippen LogP contribution is 2.42. The van der Waals surface area contributed by atoms with Gasteiger partial charge in [0, 0.05) is 11.3 Å². The summed E-state index contributed by atoms with van der Waals surface area (Å²) in [5.74, 6) is -0.321. The molecule has 144 valence electrons. The van der Waals surface area contributed by atoms with Crippen molar-refractivity contribution in [3.8, 4) is 0 Å². The predicted octanol–water partition coefficient (Wildman–Crippen LogP) is 4.17. The number of nitrogens with zero attached hydrogens (tertiary/aromatic N) is 1. The molecule has 1 aliphatic carbocycles. The van der Waals surface area contributed by atoms with Gasteiger partial charge in [0.05, 0.1) is 17.5 Å². The van der Waals surface area contributed by atoms with Gasteiger partial charge in [-0.1, -0.05) is 25.1 Å². The van der Waals surface area contributed by atoms with Crippen LogP contribution in [0.1, 0.15) is 42.1 Å². The van der Waals surface area contributed by atoms with Gasteiger partial charge in [-0.3, -0.25) is 19.3 Å². The summed E-state index contributed by atoms with van der Waals surface area (Å²) in [4.78, 5) is 39.4. The normalized spacial score (nSPS) is 24.2. The molecule has 0 spiro atoms. The van der Waals surface area contributed by atoms with Gasteiger partial charge in [-0.2, -0.15) is 0 Å². The van der Waals surface area contributed by atoms with Crippen molar-refractivity contribution in [1.82, 2.24) is 0 Å². The van der Waals surface area contributed by atoms with Crippen LogP contribution in [0.15, 0.2) is 48.5 Å². The van der Waals surface area contributed by atoms with E-state index in [0.717, 1.165) is 30.5 Å². The van der Waals surface area contributed by atoms with Gasteiger partial charge in [0.1, 0.15) is 0 Å². The Hall–Kier alpha value is -2.95. The van der Waals surface area contributed by atoms with Gasteiger partial charge in [-0.25, -0.2) is 0 Å². The Bertz CT molecular complexity index is 935. The molecular weight excluding hydrogens is 352 g/mol. The van der Waals surface area contributed by atoms with Crippen LogP contribution in [0.2, 0.25) is 0 Å². The number of fused-ring (bicyclic) bond motifs is 1. The third-order valence-electron chi connectivity index (χ3n) is 5.97. The lowest BCUT2D eigenvalue weighted by atomic mass is 9.76. The van der Waals surface area contributed by atoms with E-state index in [2.05, 4.69) is 12.2 Å². The van der Waals surface area contributed by atoms with E-state index >= 15 is 0 Å². The minimum absolute atomic E-state index is 0.0981. The molecule has 3 atom stereocenters. The second kappa shape index (κ2) is 7.23. The largest absolute Gasteiger partial charge is 0.322 e. The van der Waals surface area contributed by atoms with Gasteiger partial charge in [0.25, 0.3) is 5.91 Å². The fourth-order valence-corrected chi connectivity index (χ4v) is 4.31. The van der Waals surface area contributed by atoms with Crippen LogP contribution in [0, 0.1) is 24.7 Å². The van der Waals surface area contributed by atoms with Crippen LogP contribution in [-0.2, 0) is 9.59 Å². The van der Waals surface area contributed by atoms with E-state index in [1.54, 1.807) is 24.3 Å². The average Bonchev–Trinajstić information content (AvgIpc) is 2.93. The summed E-state index contributed by atoms with van der Waals surface area (Å²) in [5.41, 5.74) is 2.78. The highest BCUT2D eigenvalue weighted by molar-refractivity contribution is 6.22. The molecular formula is C23H24N2O3. The summed E-state index contributed by atoms with van der Waals surface area (Å²) in [7, 11) is 0. The van der Waals surface area contributed by atoms with Crippen molar-refractivity contribution in [3.63, 3.8) is 0 Å². The minimum atomic E-state index is -0.220. The molecule has 0 radical (unpaired) electrons. The van der Waals surface area contributed by atoms with Crippen LogP contribution in [-0.4, -0.2) is 17.7 Å². The van der Waals surface area contributed by atoms with Crippen molar-refractivity contribution in [2.75, 3.05) is 10.2 Å². The number of rotatable bonds is 3. The summed E-state index contributed by atoms with van der Waals surface area (Å²) in [6.07, 6.45) is 2.55. The van der Waals surface area contributed by atoms with Crippen molar-refractivity contribution in [2.45, 2.75) is 33.1 Å². The molecule has 2 aromatic carbocycles. The molecule has 3 amide bonds. The van der Waals surface area contributed by atoms with Gasteiger partial charge in [-0.05, 0) is 68.0 Å². The lowest BCUT2D eigenvalue weighted by Gasteiger charge is -2.25. The lowest BCUT2D eigenvalue weighted by Crippen LogP contribution is -2.30. The SMILES string of the molecule is Cc1ccccc1NC(=O)c1ccc(N2C(=O)[C@H]3CC[C@H](C)C[C@H]3C2=O)cc1. The van der Waals surface area contributed by atoms with E-state index in [-0.39, 0.29) is 29.6 Å². The number of hydrogen-bond donors (Lipinski definition) is 1. The first-order chi connectivity index (χ1) is 13.5. The Morgan fingerprint density at radius 3 is 2.36 bits per heavy atom. The van der Waals surface area contributed by atoms with Gasteiger partial charge >= 0.3 is 0 Å². The lowest BCUT2D eigenvalue weighted by molar-refractivity contribution is -0.122. The number of para-hydroxylation sites is 1. The van der Waals surface area contributed by atoms with Crippen LogP contribution in [0.25, 0.3) is 0 Å². The third kappa shape index (κ3) is 3.21. The van der Waals surface area contributed by atoms with Crippen LogP contribution in [0.5, 0.6) is 0 Å². The average molecular weight is 376 g/mol. The zero-order valence-corrected chi connectivity index (χ0v) is 16.1. The number of anilines is 2. The molecule has 28 heavy (non-hydrogen) atoms. The monoisotopic (exact) mass is 376 g/mol. The van der Waals surface area contributed by atoms with Crippen LogP contribution < -0.4 is 10.2 Å². The number of benzene rings is 2. The van der Waals surface area contributed by atoms with E-state index in [1.807, 2.05) is 31.2 Å². The molecule has 1 aliphatic heterocycles. The molecule has 1 saturated carbocycles. The molecule has 0 aromatic heterocycles. The van der Waals surface area contributed by atoms with Crippen molar-refractivity contribution in [1.29, 1.82) is 0 Å². The Morgan fingerprint density at radius 2 is 1.64 bits per heavy atom. The summed E-state index contributed by atoms with van der Waals surface area (Å²) in [5, 5.41) is 2.89. The maximum atomic E-state index is 12.8. The van der Waals surface area contributed by atoms with Crippen molar-refractivity contribution in [2.24, 2.45) is 17.8 Å². The van der Waals surface area contributed by atoms with Gasteiger partial charge < -0.3 is 5.32 Å². The number of carbonyl (C=O) groups is 3. The predicted molar refractivity (Wildman–Crippen MR) is 108 cm³/mol. The van der Waals surface area contributed by atoms with E-state index < -0.39 is 0 Å². The van der Waals surface area contributed by atoms with Gasteiger partial charge in [0.2, 0.25) is 11.8 Å². The molecule has 5 heteroatoms. The number of imide groups is 1. The van der Waals surface area contributed by atoms with E-state index in [1.165, 1.54) is 4.90 Å². The molecule has 0 bridgehead atoms. The standard InChI is InChI=1S/C23H24N2O3/c1-14-7-12-18-19(13-14)23(28)25(22(18)27)17-10-8-16(9-11-17)21(26)24-20-6-4-3-5-15(20)2/h3-6,8-11,14,18-19H,7,12-13H2,1-2H3,(H,24,26)/t14-,18-,19+/m0/s1. The number of carbonyl (C=O) groups excluding carboxylic acids is 3. The first kappa shape index (κ1) is 18.4. The highest BCUT2D eigenvalue weighted by atomic mass is 16.2. The Labute approximate surface area is 164 Å². The number of nitrogens with one attached hydrogen (secondary N) is 1. The van der Waals surface area contributed by atoms with Crippen LogP contribution in [0.4, 0.5) is 11.4 Å². The number of aryl methyl sites for hydroxylation is 1. The topological polar surface area (TPSA) is 66.5 Å². The van der Waals surface area contributed by atoms with E-state index in [0.29, 0.717) is 17.2 Å². The maximum Gasteiger partial charge on any atom is 0.255 e. The summed E-state index contributed by atoms with van der Waals surface area (Å²) >= 11 is 0. The fourth-order valence-electron chi connectivity index (χ4n) is 4.31. The smallest absolute Gasteiger partial charge is 0.255 e. The second-order valence-electron chi connectivity index (χ2n) is 7.96. The highest BCUT2D eigenvalue weighted by Gasteiger charge is 2.49. The molecule has 2 aliphatic rings. The van der Waals surface area contributed by atoms with Crippen molar-refractivity contribution < 1.29 is 14.4 Å². The molecule has 2 aromatic rings. The maximum absolute atomic E-state index is 12.8.